The summed E-state index contributed by atoms with van der Waals surface area (Å²) in [7, 11) is 0. The molecule has 0 aliphatic heterocycles. The van der Waals surface area contributed by atoms with E-state index < -0.39 is 5.97 Å². The summed E-state index contributed by atoms with van der Waals surface area (Å²) >= 11 is 0. The molecular formula is C8H10O2. The summed E-state index contributed by atoms with van der Waals surface area (Å²) < 4.78 is 0. The topological polar surface area (TPSA) is 37.3 Å². The standard InChI is InChI=1S/C8H10O2/c1-2-3-4-5-6-7-8(9)10/h6-7H,2-3H2,1H3,(H,9,10)/b7-6-. The Morgan fingerprint density at radius 3 is 2.90 bits per heavy atom. The second-order valence-corrected chi connectivity index (χ2v) is 1.74. The van der Waals surface area contributed by atoms with Crippen molar-refractivity contribution in [2.75, 3.05) is 0 Å². The molecule has 0 saturated carbocycles. The Kier molecular flexibility index (Phi) is 5.17. The van der Waals surface area contributed by atoms with Crippen LogP contribution >= 0.6 is 0 Å². The Morgan fingerprint density at radius 1 is 1.70 bits per heavy atom. The molecule has 1 N–H and O–H groups in total. The maximum Gasteiger partial charge on any atom is 0.328 e. The number of carbonyl (C=O) groups is 1. The smallest absolute Gasteiger partial charge is 0.328 e. The van der Waals surface area contributed by atoms with Crippen LogP contribution in [0.2, 0.25) is 0 Å². The van der Waals surface area contributed by atoms with E-state index in [4.69, 9.17) is 5.11 Å². The van der Waals surface area contributed by atoms with Gasteiger partial charge in [0.15, 0.2) is 0 Å². The molecule has 0 spiro atoms. The van der Waals surface area contributed by atoms with Gasteiger partial charge in [-0.3, -0.25) is 0 Å². The van der Waals surface area contributed by atoms with Gasteiger partial charge >= 0.3 is 5.97 Å². The molecule has 0 radical (unpaired) electrons. The molecule has 0 rings (SSSR count). The fourth-order valence-electron chi connectivity index (χ4n) is 0.369. The summed E-state index contributed by atoms with van der Waals surface area (Å²) in [6, 6.07) is 0. The first kappa shape index (κ1) is 8.77. The van der Waals surface area contributed by atoms with Crippen molar-refractivity contribution in [1.29, 1.82) is 0 Å². The Balaban J connectivity index is 3.54. The van der Waals surface area contributed by atoms with Gasteiger partial charge in [0.1, 0.15) is 0 Å². The highest BCUT2D eigenvalue weighted by Gasteiger charge is 1.79. The van der Waals surface area contributed by atoms with E-state index in [1.165, 1.54) is 6.08 Å². The molecule has 0 aromatic heterocycles. The molecule has 0 bridgehead atoms. The van der Waals surface area contributed by atoms with Crippen LogP contribution in [0.25, 0.3) is 0 Å². The van der Waals surface area contributed by atoms with Gasteiger partial charge < -0.3 is 5.11 Å². The summed E-state index contributed by atoms with van der Waals surface area (Å²) in [5, 5.41) is 8.12. The summed E-state index contributed by atoms with van der Waals surface area (Å²) in [5.41, 5.74) is 0. The van der Waals surface area contributed by atoms with Gasteiger partial charge in [-0.15, -0.1) is 0 Å². The van der Waals surface area contributed by atoms with Gasteiger partial charge in [-0.1, -0.05) is 18.8 Å². The highest BCUT2D eigenvalue weighted by Crippen LogP contribution is 1.80. The number of hydrogen-bond acceptors (Lipinski definition) is 1. The number of allylic oxidation sites excluding steroid dienone is 1. The molecule has 0 heterocycles. The summed E-state index contributed by atoms with van der Waals surface area (Å²) in [4.78, 5) is 9.88. The average Bonchev–Trinajstić information content (AvgIpc) is 1.87. The maximum absolute atomic E-state index is 9.88. The molecule has 0 fully saturated rings. The number of carboxylic acid groups (broad SMARTS) is 1. The van der Waals surface area contributed by atoms with Crippen LogP contribution in [0.1, 0.15) is 19.8 Å². The number of aliphatic carboxylic acids is 1. The van der Waals surface area contributed by atoms with Crippen LogP contribution in [0.15, 0.2) is 12.2 Å². The Bertz CT molecular complexity index is 181. The molecule has 0 aromatic rings. The number of hydrogen-bond donors (Lipinski definition) is 1. The van der Waals surface area contributed by atoms with E-state index in [-0.39, 0.29) is 0 Å². The SMILES string of the molecule is CCCC#C/C=C\C(=O)O. The van der Waals surface area contributed by atoms with E-state index in [1.54, 1.807) is 0 Å². The van der Waals surface area contributed by atoms with Gasteiger partial charge in [0.25, 0.3) is 0 Å². The van der Waals surface area contributed by atoms with Crippen LogP contribution in [0.5, 0.6) is 0 Å². The zero-order valence-electron chi connectivity index (χ0n) is 5.92. The summed E-state index contributed by atoms with van der Waals surface area (Å²) in [6.07, 6.45) is 4.21. The summed E-state index contributed by atoms with van der Waals surface area (Å²) in [6.45, 7) is 2.02. The molecule has 2 heteroatoms. The van der Waals surface area contributed by atoms with E-state index >= 15 is 0 Å². The molecule has 54 valence electrons. The molecule has 0 aliphatic rings. The van der Waals surface area contributed by atoms with Crippen molar-refractivity contribution >= 4 is 5.97 Å². The molecule has 0 aromatic carbocycles. The second kappa shape index (κ2) is 5.90. The zero-order chi connectivity index (χ0) is 7.82. The summed E-state index contributed by atoms with van der Waals surface area (Å²) in [5.74, 6) is 4.44. The molecule has 0 aliphatic carbocycles. The fraction of sp³-hybridized carbons (Fsp3) is 0.375. The average molecular weight is 138 g/mol. The highest BCUT2D eigenvalue weighted by molar-refractivity contribution is 5.80. The monoisotopic (exact) mass is 138 g/mol. The van der Waals surface area contributed by atoms with Crippen LogP contribution in [-0.2, 0) is 4.79 Å². The largest absolute Gasteiger partial charge is 0.478 e. The number of carboxylic acids is 1. The predicted molar refractivity (Wildman–Crippen MR) is 39.5 cm³/mol. The van der Waals surface area contributed by atoms with Crippen LogP contribution < -0.4 is 0 Å². The lowest BCUT2D eigenvalue weighted by Gasteiger charge is -1.74. The molecular weight excluding hydrogens is 128 g/mol. The van der Waals surface area contributed by atoms with E-state index in [0.29, 0.717) is 0 Å². The Hall–Kier alpha value is -1.23. The Labute approximate surface area is 60.6 Å². The first-order valence-electron chi connectivity index (χ1n) is 3.15. The first-order chi connectivity index (χ1) is 4.77. The number of unbranched alkanes of at least 4 members (excludes halogenated alkanes) is 1. The first-order valence-corrected chi connectivity index (χ1v) is 3.15. The van der Waals surface area contributed by atoms with Gasteiger partial charge in [0, 0.05) is 12.5 Å². The minimum absolute atomic E-state index is 0.823. The van der Waals surface area contributed by atoms with Gasteiger partial charge in [0.2, 0.25) is 0 Å². The lowest BCUT2D eigenvalue weighted by molar-refractivity contribution is -0.131. The molecule has 0 atom stereocenters. The fourth-order valence-corrected chi connectivity index (χ4v) is 0.369. The van der Waals surface area contributed by atoms with Gasteiger partial charge in [-0.2, -0.15) is 0 Å². The van der Waals surface area contributed by atoms with E-state index in [9.17, 15) is 4.79 Å². The van der Waals surface area contributed by atoms with Gasteiger partial charge in [-0.25, -0.2) is 4.79 Å². The maximum atomic E-state index is 9.88. The lowest BCUT2D eigenvalue weighted by atomic mass is 10.3. The minimum atomic E-state index is -0.953. The van der Waals surface area contributed by atoms with Gasteiger partial charge in [-0.05, 0) is 12.5 Å². The predicted octanol–water partition coefficient (Wildman–Crippen LogP) is 1.43. The molecule has 0 amide bonds. The third kappa shape index (κ3) is 6.77. The zero-order valence-corrected chi connectivity index (χ0v) is 5.92. The van der Waals surface area contributed by atoms with Crippen molar-refractivity contribution in [2.45, 2.75) is 19.8 Å². The van der Waals surface area contributed by atoms with Crippen LogP contribution in [0, 0.1) is 11.8 Å². The quantitative estimate of drug-likeness (QED) is 0.463. The van der Waals surface area contributed by atoms with Crippen LogP contribution in [0.4, 0.5) is 0 Å². The normalized spacial score (nSPS) is 8.90. The van der Waals surface area contributed by atoms with Gasteiger partial charge in [0.05, 0.1) is 0 Å². The van der Waals surface area contributed by atoms with Crippen molar-refractivity contribution in [2.24, 2.45) is 0 Å². The van der Waals surface area contributed by atoms with Crippen LogP contribution in [-0.4, -0.2) is 11.1 Å². The lowest BCUT2D eigenvalue weighted by Crippen LogP contribution is -1.84. The van der Waals surface area contributed by atoms with E-state index in [0.717, 1.165) is 18.9 Å². The second-order valence-electron chi connectivity index (χ2n) is 1.74. The molecule has 10 heavy (non-hydrogen) atoms. The Morgan fingerprint density at radius 2 is 2.40 bits per heavy atom. The van der Waals surface area contributed by atoms with E-state index in [2.05, 4.69) is 11.8 Å². The third-order valence-corrected chi connectivity index (χ3v) is 0.786. The van der Waals surface area contributed by atoms with Crippen molar-refractivity contribution in [3.63, 3.8) is 0 Å². The van der Waals surface area contributed by atoms with E-state index in [1.807, 2.05) is 6.92 Å². The van der Waals surface area contributed by atoms with Crippen molar-refractivity contribution in [1.82, 2.24) is 0 Å². The molecule has 2 nitrogen and oxygen atoms in total. The minimum Gasteiger partial charge on any atom is -0.478 e. The van der Waals surface area contributed by atoms with Crippen LogP contribution in [0.3, 0.4) is 0 Å². The third-order valence-electron chi connectivity index (χ3n) is 0.786. The van der Waals surface area contributed by atoms with Crippen molar-refractivity contribution in [3.05, 3.63) is 12.2 Å². The molecule has 0 unspecified atom stereocenters. The molecule has 0 saturated heterocycles. The van der Waals surface area contributed by atoms with Crippen molar-refractivity contribution in [3.8, 4) is 11.8 Å². The number of rotatable bonds is 2. The highest BCUT2D eigenvalue weighted by atomic mass is 16.4. The van der Waals surface area contributed by atoms with Crippen molar-refractivity contribution < 1.29 is 9.90 Å².